The van der Waals surface area contributed by atoms with Crippen molar-refractivity contribution in [1.29, 1.82) is 0 Å². The molecule has 0 radical (unpaired) electrons. The lowest BCUT2D eigenvalue weighted by Gasteiger charge is -2.33. The summed E-state index contributed by atoms with van der Waals surface area (Å²) in [5, 5.41) is 2.40. The Morgan fingerprint density at radius 1 is 0.767 bits per heavy atom. The van der Waals surface area contributed by atoms with Crippen molar-refractivity contribution < 1.29 is 8.85 Å². The molecule has 2 aromatic carbocycles. The van der Waals surface area contributed by atoms with Crippen molar-refractivity contribution in [2.45, 2.75) is 73.1 Å². The molecule has 0 amide bonds. The van der Waals surface area contributed by atoms with E-state index in [0.717, 1.165) is 26.1 Å². The average Bonchev–Trinajstić information content (AvgIpc) is 2.73. The fourth-order valence-corrected chi connectivity index (χ4v) is 7.44. The molecule has 166 valence electrons. The summed E-state index contributed by atoms with van der Waals surface area (Å²) in [6, 6.07) is 21.3. The summed E-state index contributed by atoms with van der Waals surface area (Å²) >= 11 is 0. The van der Waals surface area contributed by atoms with Crippen LogP contribution >= 0.6 is 0 Å². The minimum Gasteiger partial charge on any atom is -0.388 e. The molecule has 0 saturated carbocycles. The van der Waals surface area contributed by atoms with Crippen LogP contribution in [0.1, 0.15) is 73.1 Å². The molecule has 0 aliphatic heterocycles. The van der Waals surface area contributed by atoms with Gasteiger partial charge in [0.15, 0.2) is 0 Å². The molecule has 0 fully saturated rings. The van der Waals surface area contributed by atoms with Crippen LogP contribution in [0.15, 0.2) is 60.7 Å². The van der Waals surface area contributed by atoms with Gasteiger partial charge in [-0.2, -0.15) is 0 Å². The van der Waals surface area contributed by atoms with Crippen LogP contribution in [-0.2, 0) is 8.85 Å². The molecule has 2 rings (SSSR count). The quantitative estimate of drug-likeness (QED) is 0.276. The molecule has 0 aliphatic carbocycles. The number of benzene rings is 2. The highest BCUT2D eigenvalue weighted by atomic mass is 28.4. The molecule has 0 aromatic heterocycles. The van der Waals surface area contributed by atoms with Crippen molar-refractivity contribution in [3.05, 3.63) is 60.7 Å². The molecule has 30 heavy (non-hydrogen) atoms. The van der Waals surface area contributed by atoms with Crippen LogP contribution in [0.2, 0.25) is 0 Å². The molecule has 1 atom stereocenters. The molecular weight excluding hydrogens is 384 g/mol. The van der Waals surface area contributed by atoms with Crippen LogP contribution in [0.4, 0.5) is 0 Å². The van der Waals surface area contributed by atoms with Gasteiger partial charge in [-0.3, -0.25) is 0 Å². The van der Waals surface area contributed by atoms with E-state index >= 15 is 0 Å². The Morgan fingerprint density at radius 3 is 1.80 bits per heavy atom. The second kappa shape index (κ2) is 12.4. The first-order chi connectivity index (χ1) is 14.4. The smallest absolute Gasteiger partial charge is 0.388 e. The van der Waals surface area contributed by atoms with E-state index in [1.54, 1.807) is 0 Å². The fourth-order valence-electron chi connectivity index (χ4n) is 4.14. The zero-order valence-corrected chi connectivity index (χ0v) is 20.8. The zero-order valence-electron chi connectivity index (χ0n) is 19.8. The summed E-state index contributed by atoms with van der Waals surface area (Å²) in [4.78, 5) is 0. The van der Waals surface area contributed by atoms with E-state index in [9.17, 15) is 0 Å². The fraction of sp³-hybridized carbons (Fsp3) is 0.556. The van der Waals surface area contributed by atoms with Crippen molar-refractivity contribution in [3.8, 4) is 0 Å². The minimum absolute atomic E-state index is 0.298. The number of unbranched alkanes of at least 4 members (excludes halogenated alkanes) is 4. The summed E-state index contributed by atoms with van der Waals surface area (Å²) in [5.74, 6) is 0.484. The van der Waals surface area contributed by atoms with Gasteiger partial charge in [0.25, 0.3) is 0 Å². The molecule has 0 spiro atoms. The van der Waals surface area contributed by atoms with Crippen LogP contribution in [0.3, 0.4) is 0 Å². The van der Waals surface area contributed by atoms with Crippen molar-refractivity contribution >= 4 is 18.9 Å². The van der Waals surface area contributed by atoms with Gasteiger partial charge in [0.2, 0.25) is 0 Å². The first kappa shape index (κ1) is 24.8. The predicted octanol–water partition coefficient (Wildman–Crippen LogP) is 6.32. The van der Waals surface area contributed by atoms with E-state index in [-0.39, 0.29) is 0 Å². The van der Waals surface area contributed by atoms with Gasteiger partial charge in [-0.05, 0) is 34.5 Å². The largest absolute Gasteiger partial charge is 0.407 e. The summed E-state index contributed by atoms with van der Waals surface area (Å²) in [7, 11) is -2.75. The molecule has 0 aliphatic rings. The third-order valence-electron chi connectivity index (χ3n) is 5.39. The highest BCUT2D eigenvalue weighted by Crippen LogP contribution is 2.25. The minimum atomic E-state index is -2.75. The average molecular weight is 427 g/mol. The zero-order chi connectivity index (χ0) is 21.9. The van der Waals surface area contributed by atoms with Gasteiger partial charge in [-0.1, -0.05) is 121 Å². The molecule has 0 bridgehead atoms. The molecule has 0 N–H and O–H groups in total. The van der Waals surface area contributed by atoms with Crippen molar-refractivity contribution in [1.82, 2.24) is 0 Å². The van der Waals surface area contributed by atoms with E-state index in [1.165, 1.54) is 36.1 Å². The molecule has 0 heterocycles. The van der Waals surface area contributed by atoms with E-state index in [1.807, 2.05) is 0 Å². The maximum atomic E-state index is 6.85. The van der Waals surface area contributed by atoms with Gasteiger partial charge in [-0.15, -0.1) is 0 Å². The van der Waals surface area contributed by atoms with E-state index in [2.05, 4.69) is 95.3 Å². The van der Waals surface area contributed by atoms with E-state index in [0.29, 0.717) is 11.3 Å². The van der Waals surface area contributed by atoms with Crippen LogP contribution in [0, 0.1) is 11.3 Å². The second-order valence-electron chi connectivity index (χ2n) is 9.79. The maximum absolute atomic E-state index is 6.85. The predicted molar refractivity (Wildman–Crippen MR) is 132 cm³/mol. The molecule has 3 heteroatoms. The van der Waals surface area contributed by atoms with Gasteiger partial charge in [0.05, 0.1) is 0 Å². The first-order valence-electron chi connectivity index (χ1n) is 11.8. The van der Waals surface area contributed by atoms with Crippen LogP contribution < -0.4 is 10.4 Å². The van der Waals surface area contributed by atoms with E-state index < -0.39 is 8.56 Å². The number of rotatable bonds is 13. The molecule has 0 saturated heterocycles. The Bertz CT molecular complexity index is 654. The Morgan fingerprint density at radius 2 is 1.30 bits per heavy atom. The highest BCUT2D eigenvalue weighted by Gasteiger charge is 2.43. The lowest BCUT2D eigenvalue weighted by Crippen LogP contribution is -2.64. The molecular formula is C27H42O2Si. The molecule has 1 unspecified atom stereocenters. The maximum Gasteiger partial charge on any atom is 0.407 e. The van der Waals surface area contributed by atoms with Crippen LogP contribution in [0.5, 0.6) is 0 Å². The number of hydrogen-bond acceptors (Lipinski definition) is 2. The lowest BCUT2D eigenvalue weighted by molar-refractivity contribution is 0.148. The van der Waals surface area contributed by atoms with Gasteiger partial charge < -0.3 is 8.85 Å². The SMILES string of the molecule is CCCCCCCO[Si](OCC(C)CC(C)(C)C)(c1ccccc1)c1ccccc1. The van der Waals surface area contributed by atoms with Gasteiger partial charge >= 0.3 is 8.56 Å². The lowest BCUT2D eigenvalue weighted by atomic mass is 9.86. The summed E-state index contributed by atoms with van der Waals surface area (Å²) in [6.07, 6.45) is 7.31. The molecule has 2 aromatic rings. The monoisotopic (exact) mass is 426 g/mol. The Balaban J connectivity index is 2.25. The van der Waals surface area contributed by atoms with Gasteiger partial charge in [0, 0.05) is 13.2 Å². The van der Waals surface area contributed by atoms with Gasteiger partial charge in [-0.25, -0.2) is 0 Å². The second-order valence-corrected chi connectivity index (χ2v) is 12.8. The van der Waals surface area contributed by atoms with Crippen molar-refractivity contribution in [2.24, 2.45) is 11.3 Å². The topological polar surface area (TPSA) is 18.5 Å². The summed E-state index contributed by atoms with van der Waals surface area (Å²) < 4.78 is 13.6. The van der Waals surface area contributed by atoms with Crippen LogP contribution in [0.25, 0.3) is 0 Å². The standard InChI is InChI=1S/C27H42O2Si/c1-6-7-8-9-16-21-28-30(25-17-12-10-13-18-25,26-19-14-11-15-20-26)29-23-24(2)22-27(3,4)5/h10-15,17-20,24H,6-9,16,21-23H2,1-5H3. The third-order valence-corrected chi connectivity index (χ3v) is 8.76. The van der Waals surface area contributed by atoms with E-state index in [4.69, 9.17) is 8.85 Å². The number of hydrogen-bond donors (Lipinski definition) is 0. The highest BCUT2D eigenvalue weighted by molar-refractivity contribution is 6.92. The Kier molecular flexibility index (Phi) is 10.3. The van der Waals surface area contributed by atoms with Crippen molar-refractivity contribution in [3.63, 3.8) is 0 Å². The van der Waals surface area contributed by atoms with Crippen LogP contribution in [-0.4, -0.2) is 21.8 Å². The van der Waals surface area contributed by atoms with Gasteiger partial charge in [0.1, 0.15) is 0 Å². The summed E-state index contributed by atoms with van der Waals surface area (Å²) in [6.45, 7) is 12.9. The normalized spacial score (nSPS) is 13.4. The Hall–Kier alpha value is -1.42. The van der Waals surface area contributed by atoms with Crippen molar-refractivity contribution in [2.75, 3.05) is 13.2 Å². The third kappa shape index (κ3) is 8.01. The Labute approximate surface area is 186 Å². The molecule has 2 nitrogen and oxygen atoms in total. The first-order valence-corrected chi connectivity index (χ1v) is 13.6. The summed E-state index contributed by atoms with van der Waals surface area (Å²) in [5.41, 5.74) is 0.298.